The maximum absolute atomic E-state index is 8.69. The van der Waals surface area contributed by atoms with E-state index in [1.165, 1.54) is 12.8 Å². The normalized spacial score (nSPS) is 25.8. The smallest absolute Gasteiger partial charge is 0.0586 e. The van der Waals surface area contributed by atoms with Crippen LogP contribution in [0.15, 0.2) is 0 Å². The summed E-state index contributed by atoms with van der Waals surface area (Å²) in [7, 11) is 3.06. The van der Waals surface area contributed by atoms with Crippen molar-refractivity contribution in [2.75, 3.05) is 27.3 Å². The Balaban J connectivity index is 0.000000371. The van der Waals surface area contributed by atoms with Crippen LogP contribution in [0.2, 0.25) is 0 Å². The van der Waals surface area contributed by atoms with Crippen LogP contribution in [-0.2, 0) is 0 Å². The maximum atomic E-state index is 8.69. The molecule has 0 saturated carbocycles. The Labute approximate surface area is 62.3 Å². The van der Waals surface area contributed by atoms with E-state index >= 15 is 0 Å². The SMILES string of the molecule is CN1CCC[C@H]1CO.CO. The fraction of sp³-hybridized carbons (Fsp3) is 1.00. The number of likely N-dealkylation sites (tertiary alicyclic amines) is 1. The number of hydrogen-bond acceptors (Lipinski definition) is 3. The van der Waals surface area contributed by atoms with Gasteiger partial charge in [0.05, 0.1) is 6.61 Å². The summed E-state index contributed by atoms with van der Waals surface area (Å²) in [6, 6.07) is 0.454. The van der Waals surface area contributed by atoms with Crippen LogP contribution in [-0.4, -0.2) is 48.5 Å². The molecule has 1 fully saturated rings. The molecular weight excluding hydrogens is 130 g/mol. The highest BCUT2D eigenvalue weighted by Crippen LogP contribution is 2.12. The molecule has 1 heterocycles. The lowest BCUT2D eigenvalue weighted by Crippen LogP contribution is -2.27. The number of rotatable bonds is 1. The van der Waals surface area contributed by atoms with Gasteiger partial charge in [-0.25, -0.2) is 0 Å². The Morgan fingerprint density at radius 2 is 2.10 bits per heavy atom. The lowest BCUT2D eigenvalue weighted by Gasteiger charge is -2.15. The van der Waals surface area contributed by atoms with E-state index in [-0.39, 0.29) is 0 Å². The zero-order valence-corrected chi connectivity index (χ0v) is 6.75. The first kappa shape index (κ1) is 9.88. The summed E-state index contributed by atoms with van der Waals surface area (Å²) >= 11 is 0. The molecule has 0 aromatic heterocycles. The Hall–Kier alpha value is -0.120. The molecule has 3 heteroatoms. The summed E-state index contributed by atoms with van der Waals surface area (Å²) in [6.07, 6.45) is 2.43. The first-order valence-electron chi connectivity index (χ1n) is 3.60. The summed E-state index contributed by atoms with van der Waals surface area (Å²) in [5.74, 6) is 0. The van der Waals surface area contributed by atoms with E-state index in [0.29, 0.717) is 12.6 Å². The van der Waals surface area contributed by atoms with Crippen LogP contribution in [0.1, 0.15) is 12.8 Å². The minimum Gasteiger partial charge on any atom is -0.400 e. The van der Waals surface area contributed by atoms with Crippen molar-refractivity contribution in [3.63, 3.8) is 0 Å². The molecule has 0 radical (unpaired) electrons. The van der Waals surface area contributed by atoms with Crippen molar-refractivity contribution in [3.8, 4) is 0 Å². The molecule has 2 N–H and O–H groups in total. The van der Waals surface area contributed by atoms with E-state index in [2.05, 4.69) is 11.9 Å². The van der Waals surface area contributed by atoms with Crippen LogP contribution in [0.3, 0.4) is 0 Å². The fourth-order valence-corrected chi connectivity index (χ4v) is 1.21. The molecule has 1 aliphatic rings. The molecule has 0 aromatic carbocycles. The molecule has 0 spiro atoms. The summed E-state index contributed by atoms with van der Waals surface area (Å²) in [6.45, 7) is 1.49. The van der Waals surface area contributed by atoms with E-state index in [1.807, 2.05) is 0 Å². The van der Waals surface area contributed by atoms with E-state index < -0.39 is 0 Å². The van der Waals surface area contributed by atoms with Gasteiger partial charge in [-0.05, 0) is 26.4 Å². The summed E-state index contributed by atoms with van der Waals surface area (Å²) in [5, 5.41) is 15.7. The lowest BCUT2D eigenvalue weighted by molar-refractivity contribution is 0.182. The molecule has 1 saturated heterocycles. The van der Waals surface area contributed by atoms with Crippen molar-refractivity contribution in [1.29, 1.82) is 0 Å². The van der Waals surface area contributed by atoms with E-state index in [0.717, 1.165) is 13.7 Å². The highest BCUT2D eigenvalue weighted by Gasteiger charge is 2.18. The molecule has 0 unspecified atom stereocenters. The van der Waals surface area contributed by atoms with Gasteiger partial charge in [0.2, 0.25) is 0 Å². The lowest BCUT2D eigenvalue weighted by atomic mass is 10.2. The Morgan fingerprint density at radius 3 is 2.30 bits per heavy atom. The third-order valence-corrected chi connectivity index (χ3v) is 1.88. The van der Waals surface area contributed by atoms with Gasteiger partial charge < -0.3 is 15.1 Å². The third-order valence-electron chi connectivity index (χ3n) is 1.88. The molecule has 10 heavy (non-hydrogen) atoms. The number of aliphatic hydroxyl groups is 2. The average molecular weight is 147 g/mol. The minimum atomic E-state index is 0.330. The van der Waals surface area contributed by atoms with Crippen LogP contribution in [0.25, 0.3) is 0 Å². The van der Waals surface area contributed by atoms with E-state index in [1.54, 1.807) is 0 Å². The number of hydrogen-bond donors (Lipinski definition) is 2. The van der Waals surface area contributed by atoms with Crippen molar-refractivity contribution < 1.29 is 10.2 Å². The van der Waals surface area contributed by atoms with Gasteiger partial charge in [0.1, 0.15) is 0 Å². The summed E-state index contributed by atoms with van der Waals surface area (Å²) < 4.78 is 0. The van der Waals surface area contributed by atoms with Gasteiger partial charge in [0.25, 0.3) is 0 Å². The zero-order chi connectivity index (χ0) is 7.98. The molecule has 0 bridgehead atoms. The second-order valence-corrected chi connectivity index (χ2v) is 2.46. The van der Waals surface area contributed by atoms with Gasteiger partial charge in [-0.2, -0.15) is 0 Å². The topological polar surface area (TPSA) is 43.7 Å². The highest BCUT2D eigenvalue weighted by molar-refractivity contribution is 4.74. The first-order valence-corrected chi connectivity index (χ1v) is 3.60. The molecule has 62 valence electrons. The Kier molecular flexibility index (Phi) is 5.58. The van der Waals surface area contributed by atoms with Crippen LogP contribution >= 0.6 is 0 Å². The molecule has 3 nitrogen and oxygen atoms in total. The van der Waals surface area contributed by atoms with Gasteiger partial charge in [-0.1, -0.05) is 0 Å². The second-order valence-electron chi connectivity index (χ2n) is 2.46. The van der Waals surface area contributed by atoms with Gasteiger partial charge >= 0.3 is 0 Å². The third kappa shape index (κ3) is 2.64. The fourth-order valence-electron chi connectivity index (χ4n) is 1.21. The molecule has 0 aromatic rings. The molecule has 1 atom stereocenters. The van der Waals surface area contributed by atoms with Crippen molar-refractivity contribution in [2.24, 2.45) is 0 Å². The molecule has 1 aliphatic heterocycles. The van der Waals surface area contributed by atoms with Crippen molar-refractivity contribution >= 4 is 0 Å². The second kappa shape index (κ2) is 5.65. The predicted octanol–water partition coefficient (Wildman–Crippen LogP) is -0.319. The molecule has 0 amide bonds. The van der Waals surface area contributed by atoms with Gasteiger partial charge in [0, 0.05) is 13.2 Å². The Bertz CT molecular complexity index is 78.0. The maximum Gasteiger partial charge on any atom is 0.0586 e. The van der Waals surface area contributed by atoms with Gasteiger partial charge in [-0.3, -0.25) is 0 Å². The van der Waals surface area contributed by atoms with Crippen LogP contribution in [0, 0.1) is 0 Å². The number of nitrogens with zero attached hydrogens (tertiary/aromatic N) is 1. The van der Waals surface area contributed by atoms with Crippen LogP contribution < -0.4 is 0 Å². The quantitative estimate of drug-likeness (QED) is 0.534. The summed E-state index contributed by atoms with van der Waals surface area (Å²) in [4.78, 5) is 2.21. The molecular formula is C7H17NO2. The average Bonchev–Trinajstić information content (AvgIpc) is 2.39. The Morgan fingerprint density at radius 1 is 1.50 bits per heavy atom. The van der Waals surface area contributed by atoms with Gasteiger partial charge in [0.15, 0.2) is 0 Å². The van der Waals surface area contributed by atoms with Crippen LogP contribution in [0.4, 0.5) is 0 Å². The highest BCUT2D eigenvalue weighted by atomic mass is 16.3. The first-order chi connectivity index (χ1) is 4.84. The van der Waals surface area contributed by atoms with Crippen molar-refractivity contribution in [1.82, 2.24) is 4.90 Å². The monoisotopic (exact) mass is 147 g/mol. The summed E-state index contributed by atoms with van der Waals surface area (Å²) in [5.41, 5.74) is 0. The van der Waals surface area contributed by atoms with Crippen molar-refractivity contribution in [3.05, 3.63) is 0 Å². The van der Waals surface area contributed by atoms with E-state index in [4.69, 9.17) is 10.2 Å². The largest absolute Gasteiger partial charge is 0.400 e. The molecule has 0 aliphatic carbocycles. The van der Waals surface area contributed by atoms with Gasteiger partial charge in [-0.15, -0.1) is 0 Å². The zero-order valence-electron chi connectivity index (χ0n) is 6.75. The number of likely N-dealkylation sites (N-methyl/N-ethyl adjacent to an activating group) is 1. The number of aliphatic hydroxyl groups excluding tert-OH is 2. The molecule has 1 rings (SSSR count). The minimum absolute atomic E-state index is 0.330. The van der Waals surface area contributed by atoms with Crippen molar-refractivity contribution in [2.45, 2.75) is 18.9 Å². The van der Waals surface area contributed by atoms with E-state index in [9.17, 15) is 0 Å². The predicted molar refractivity (Wildman–Crippen MR) is 40.9 cm³/mol. The standard InChI is InChI=1S/C6H13NO.CH4O/c1-7-4-2-3-6(7)5-8;1-2/h6,8H,2-5H2,1H3;2H,1H3/t6-;/m0./s1. The van der Waals surface area contributed by atoms with Crippen LogP contribution in [0.5, 0.6) is 0 Å².